The molecular formula is C16H23N3. The highest BCUT2D eigenvalue weighted by molar-refractivity contribution is 5.37. The summed E-state index contributed by atoms with van der Waals surface area (Å²) in [6, 6.07) is 8.45. The Hall–Kier alpha value is -1.37. The van der Waals surface area contributed by atoms with Gasteiger partial charge < -0.3 is 5.73 Å². The predicted octanol–water partition coefficient (Wildman–Crippen LogP) is 2.43. The molecule has 0 bridgehead atoms. The second-order valence-electron chi connectivity index (χ2n) is 5.75. The lowest BCUT2D eigenvalue weighted by molar-refractivity contribution is 0.154. The van der Waals surface area contributed by atoms with E-state index in [9.17, 15) is 0 Å². The van der Waals surface area contributed by atoms with Crippen LogP contribution in [0.15, 0.2) is 18.2 Å². The van der Waals surface area contributed by atoms with E-state index >= 15 is 0 Å². The second-order valence-corrected chi connectivity index (χ2v) is 5.75. The summed E-state index contributed by atoms with van der Waals surface area (Å²) in [6.45, 7) is 7.42. The topological polar surface area (TPSA) is 53.0 Å². The lowest BCUT2D eigenvalue weighted by Gasteiger charge is -2.34. The number of benzene rings is 1. The Morgan fingerprint density at radius 2 is 2.32 bits per heavy atom. The molecule has 2 N–H and O–H groups in total. The molecule has 0 amide bonds. The van der Waals surface area contributed by atoms with Gasteiger partial charge in [0.15, 0.2) is 0 Å². The van der Waals surface area contributed by atoms with E-state index in [1.165, 1.54) is 24.0 Å². The molecule has 102 valence electrons. The van der Waals surface area contributed by atoms with Gasteiger partial charge in [-0.25, -0.2) is 0 Å². The van der Waals surface area contributed by atoms with Crippen molar-refractivity contribution in [1.29, 1.82) is 5.26 Å². The van der Waals surface area contributed by atoms with Gasteiger partial charge in [0.1, 0.15) is 0 Å². The van der Waals surface area contributed by atoms with Crippen molar-refractivity contribution in [2.24, 2.45) is 11.7 Å². The summed E-state index contributed by atoms with van der Waals surface area (Å²) in [6.07, 6.45) is 2.49. The van der Waals surface area contributed by atoms with Crippen LogP contribution in [0.3, 0.4) is 0 Å². The fourth-order valence-corrected chi connectivity index (χ4v) is 2.85. The number of hydrogen-bond donors (Lipinski definition) is 1. The molecule has 0 aliphatic carbocycles. The first kappa shape index (κ1) is 14.0. The highest BCUT2D eigenvalue weighted by Gasteiger charge is 2.22. The molecule has 0 saturated carbocycles. The Morgan fingerprint density at radius 3 is 2.95 bits per heavy atom. The molecule has 0 aromatic heterocycles. The van der Waals surface area contributed by atoms with Crippen molar-refractivity contribution in [2.45, 2.75) is 39.3 Å². The third kappa shape index (κ3) is 3.56. The number of nitrogens with zero attached hydrogens (tertiary/aromatic N) is 2. The highest BCUT2D eigenvalue weighted by atomic mass is 15.1. The standard InChI is InChI=1S/C16H23N3/c1-12-8-14(9-17)5-6-15(12)10-19-7-3-4-16(11-19)13(2)18/h5-6,8,13,16H,3-4,7,10-11,18H2,1-2H3. The van der Waals surface area contributed by atoms with E-state index in [2.05, 4.69) is 30.9 Å². The van der Waals surface area contributed by atoms with Crippen LogP contribution in [0.5, 0.6) is 0 Å². The van der Waals surface area contributed by atoms with Crippen molar-refractivity contribution in [3.8, 4) is 6.07 Å². The van der Waals surface area contributed by atoms with Gasteiger partial charge in [-0.1, -0.05) is 6.07 Å². The molecule has 19 heavy (non-hydrogen) atoms. The van der Waals surface area contributed by atoms with Crippen LogP contribution in [0.1, 0.15) is 36.5 Å². The van der Waals surface area contributed by atoms with Crippen LogP contribution < -0.4 is 5.73 Å². The summed E-state index contributed by atoms with van der Waals surface area (Å²) < 4.78 is 0. The van der Waals surface area contributed by atoms with Gasteiger partial charge in [0.25, 0.3) is 0 Å². The smallest absolute Gasteiger partial charge is 0.0991 e. The molecule has 2 atom stereocenters. The van der Waals surface area contributed by atoms with Crippen LogP contribution >= 0.6 is 0 Å². The molecule has 2 rings (SSSR count). The Labute approximate surface area is 116 Å². The van der Waals surface area contributed by atoms with Crippen molar-refractivity contribution >= 4 is 0 Å². The van der Waals surface area contributed by atoms with Crippen LogP contribution in [-0.2, 0) is 6.54 Å². The van der Waals surface area contributed by atoms with Gasteiger partial charge in [-0.2, -0.15) is 5.26 Å². The first-order chi connectivity index (χ1) is 9.10. The van der Waals surface area contributed by atoms with Crippen molar-refractivity contribution in [3.63, 3.8) is 0 Å². The van der Waals surface area contributed by atoms with E-state index < -0.39 is 0 Å². The fourth-order valence-electron chi connectivity index (χ4n) is 2.85. The van der Waals surface area contributed by atoms with E-state index in [1.54, 1.807) is 0 Å². The maximum atomic E-state index is 8.90. The SMILES string of the molecule is Cc1cc(C#N)ccc1CN1CCCC(C(C)N)C1. The molecule has 1 aliphatic heterocycles. The molecule has 0 spiro atoms. The molecule has 0 radical (unpaired) electrons. The van der Waals surface area contributed by atoms with Crippen LogP contribution in [0.2, 0.25) is 0 Å². The normalized spacial score (nSPS) is 21.9. The van der Waals surface area contributed by atoms with Crippen LogP contribution in [0.25, 0.3) is 0 Å². The Kier molecular flexibility index (Phi) is 4.57. The van der Waals surface area contributed by atoms with Crippen molar-refractivity contribution in [2.75, 3.05) is 13.1 Å². The zero-order chi connectivity index (χ0) is 13.8. The first-order valence-corrected chi connectivity index (χ1v) is 7.07. The van der Waals surface area contributed by atoms with Gasteiger partial charge in [0.05, 0.1) is 11.6 Å². The second kappa shape index (κ2) is 6.18. The zero-order valence-corrected chi connectivity index (χ0v) is 11.9. The molecular weight excluding hydrogens is 234 g/mol. The lowest BCUT2D eigenvalue weighted by atomic mass is 9.91. The molecule has 1 aromatic rings. The third-order valence-corrected chi connectivity index (χ3v) is 4.15. The van der Waals surface area contributed by atoms with Gasteiger partial charge in [0.2, 0.25) is 0 Å². The summed E-state index contributed by atoms with van der Waals surface area (Å²) >= 11 is 0. The van der Waals surface area contributed by atoms with Gasteiger partial charge in [-0.3, -0.25) is 4.90 Å². The largest absolute Gasteiger partial charge is 0.328 e. The number of aryl methyl sites for hydroxylation is 1. The molecule has 1 aromatic carbocycles. The van der Waals surface area contributed by atoms with Crippen molar-refractivity contribution in [3.05, 3.63) is 34.9 Å². The molecule has 1 aliphatic rings. The van der Waals surface area contributed by atoms with E-state index in [0.29, 0.717) is 5.92 Å². The maximum Gasteiger partial charge on any atom is 0.0991 e. The minimum absolute atomic E-state index is 0.282. The van der Waals surface area contributed by atoms with E-state index in [0.717, 1.165) is 25.2 Å². The zero-order valence-electron chi connectivity index (χ0n) is 11.9. The fraction of sp³-hybridized carbons (Fsp3) is 0.562. The molecule has 3 heteroatoms. The minimum atomic E-state index is 0.282. The quantitative estimate of drug-likeness (QED) is 0.904. The number of nitrogens with two attached hydrogens (primary N) is 1. The predicted molar refractivity (Wildman–Crippen MR) is 77.5 cm³/mol. The molecule has 1 heterocycles. The average Bonchev–Trinajstić information content (AvgIpc) is 2.41. The average molecular weight is 257 g/mol. The van der Waals surface area contributed by atoms with Gasteiger partial charge in [0, 0.05) is 19.1 Å². The summed E-state index contributed by atoms with van der Waals surface area (Å²) in [7, 11) is 0. The number of likely N-dealkylation sites (tertiary alicyclic amines) is 1. The number of hydrogen-bond acceptors (Lipinski definition) is 3. The van der Waals surface area contributed by atoms with Gasteiger partial charge >= 0.3 is 0 Å². The molecule has 3 nitrogen and oxygen atoms in total. The van der Waals surface area contributed by atoms with Crippen LogP contribution in [0, 0.1) is 24.2 Å². The molecule has 1 saturated heterocycles. The highest BCUT2D eigenvalue weighted by Crippen LogP contribution is 2.21. The van der Waals surface area contributed by atoms with E-state index in [1.807, 2.05) is 12.1 Å². The van der Waals surface area contributed by atoms with Gasteiger partial charge in [-0.05, 0) is 62.4 Å². The lowest BCUT2D eigenvalue weighted by Crippen LogP contribution is -2.42. The van der Waals surface area contributed by atoms with E-state index in [-0.39, 0.29) is 6.04 Å². The third-order valence-electron chi connectivity index (χ3n) is 4.15. The Bertz CT molecular complexity index is 473. The van der Waals surface area contributed by atoms with Gasteiger partial charge in [-0.15, -0.1) is 0 Å². The maximum absolute atomic E-state index is 8.90. The molecule has 2 unspecified atom stereocenters. The Morgan fingerprint density at radius 1 is 1.53 bits per heavy atom. The molecule has 1 fully saturated rings. The monoisotopic (exact) mass is 257 g/mol. The van der Waals surface area contributed by atoms with E-state index in [4.69, 9.17) is 11.0 Å². The summed E-state index contributed by atoms with van der Waals surface area (Å²) in [5.74, 6) is 0.618. The summed E-state index contributed by atoms with van der Waals surface area (Å²) in [5.41, 5.74) is 9.31. The van der Waals surface area contributed by atoms with Crippen molar-refractivity contribution in [1.82, 2.24) is 4.90 Å². The summed E-state index contributed by atoms with van der Waals surface area (Å²) in [4.78, 5) is 2.49. The minimum Gasteiger partial charge on any atom is -0.328 e. The Balaban J connectivity index is 2.03. The first-order valence-electron chi connectivity index (χ1n) is 7.07. The summed E-state index contributed by atoms with van der Waals surface area (Å²) in [5, 5.41) is 8.90. The van der Waals surface area contributed by atoms with Crippen LogP contribution in [0.4, 0.5) is 0 Å². The van der Waals surface area contributed by atoms with Crippen LogP contribution in [-0.4, -0.2) is 24.0 Å². The number of piperidine rings is 1. The number of nitriles is 1. The number of rotatable bonds is 3. The van der Waals surface area contributed by atoms with Crippen molar-refractivity contribution < 1.29 is 0 Å².